The highest BCUT2D eigenvalue weighted by Gasteiger charge is 2.40. The second-order valence-corrected chi connectivity index (χ2v) is 7.77. The molecule has 0 N–H and O–H groups in total. The number of cyclic esters (lactones) is 1. The van der Waals surface area contributed by atoms with Crippen LogP contribution in [0.1, 0.15) is 48.3 Å². The average Bonchev–Trinajstić information content (AvgIpc) is 2.90. The zero-order valence-corrected chi connectivity index (χ0v) is 16.7. The quantitative estimate of drug-likeness (QED) is 0.750. The fourth-order valence-electron chi connectivity index (χ4n) is 3.81. The fraction of sp³-hybridized carbons (Fsp3) is 0.476. The number of pyridine rings is 2. The summed E-state index contributed by atoms with van der Waals surface area (Å²) in [5.74, 6) is 1.96. The van der Waals surface area contributed by atoms with E-state index in [0.717, 1.165) is 48.8 Å². The third kappa shape index (κ3) is 3.37. The number of methoxy groups -OCH3 is 1. The molecule has 0 amide bonds. The Labute approximate surface area is 164 Å². The molecule has 2 aliphatic rings. The Bertz CT molecular complexity index is 887. The number of aryl methyl sites for hydroxylation is 1. The normalized spacial score (nSPS) is 18.6. The summed E-state index contributed by atoms with van der Waals surface area (Å²) in [5, 5.41) is 0. The van der Waals surface area contributed by atoms with Gasteiger partial charge in [-0.2, -0.15) is 0 Å². The molecule has 0 saturated carbocycles. The summed E-state index contributed by atoms with van der Waals surface area (Å²) < 4.78 is 16.6. The number of aromatic nitrogens is 2. The fourth-order valence-corrected chi connectivity index (χ4v) is 3.81. The minimum Gasteiger partial charge on any atom is -0.489 e. The summed E-state index contributed by atoms with van der Waals surface area (Å²) in [5.41, 5.74) is 1.61. The van der Waals surface area contributed by atoms with Gasteiger partial charge in [0.05, 0.1) is 18.9 Å². The molecule has 1 saturated heterocycles. The molecule has 0 atom stereocenters. The van der Waals surface area contributed by atoms with Gasteiger partial charge in [-0.05, 0) is 38.5 Å². The SMILES string of the molecule is COc1ccc(OC2CCN(c3nc4c(cc3C)C(=O)OC4(C)C)CC2)cn1. The molecule has 2 aromatic rings. The number of carbonyl (C=O) groups is 1. The van der Waals surface area contributed by atoms with Crippen molar-refractivity contribution in [2.45, 2.75) is 45.3 Å². The topological polar surface area (TPSA) is 73.8 Å². The van der Waals surface area contributed by atoms with E-state index in [1.54, 1.807) is 19.4 Å². The maximum atomic E-state index is 12.1. The van der Waals surface area contributed by atoms with Crippen LogP contribution in [0.3, 0.4) is 0 Å². The highest BCUT2D eigenvalue weighted by molar-refractivity contribution is 5.94. The third-order valence-corrected chi connectivity index (χ3v) is 5.29. The van der Waals surface area contributed by atoms with Crippen LogP contribution < -0.4 is 14.4 Å². The molecule has 0 radical (unpaired) electrons. The lowest BCUT2D eigenvalue weighted by molar-refractivity contribution is 0.00832. The predicted octanol–water partition coefficient (Wildman–Crippen LogP) is 3.25. The van der Waals surface area contributed by atoms with Crippen LogP contribution in [0, 0.1) is 6.92 Å². The molecule has 7 heteroatoms. The zero-order valence-electron chi connectivity index (χ0n) is 16.7. The van der Waals surface area contributed by atoms with Gasteiger partial charge in [-0.25, -0.2) is 14.8 Å². The van der Waals surface area contributed by atoms with E-state index in [1.165, 1.54) is 0 Å². The Morgan fingerprint density at radius 2 is 2.00 bits per heavy atom. The molecule has 1 fully saturated rings. The summed E-state index contributed by atoms with van der Waals surface area (Å²) >= 11 is 0. The van der Waals surface area contributed by atoms with Gasteiger partial charge < -0.3 is 19.1 Å². The summed E-state index contributed by atoms with van der Waals surface area (Å²) in [4.78, 5) is 23.3. The Morgan fingerprint density at radius 3 is 2.64 bits per heavy atom. The van der Waals surface area contributed by atoms with Gasteiger partial charge in [0.2, 0.25) is 5.88 Å². The van der Waals surface area contributed by atoms with Gasteiger partial charge in [0.15, 0.2) is 0 Å². The van der Waals surface area contributed by atoms with Gasteiger partial charge in [0.25, 0.3) is 0 Å². The largest absolute Gasteiger partial charge is 0.489 e. The minimum atomic E-state index is -0.683. The lowest BCUT2D eigenvalue weighted by Crippen LogP contribution is -2.39. The van der Waals surface area contributed by atoms with Gasteiger partial charge in [-0.3, -0.25) is 0 Å². The van der Waals surface area contributed by atoms with Crippen molar-refractivity contribution in [1.29, 1.82) is 0 Å². The summed E-state index contributed by atoms with van der Waals surface area (Å²) in [7, 11) is 1.59. The Morgan fingerprint density at radius 1 is 1.25 bits per heavy atom. The van der Waals surface area contributed by atoms with Crippen molar-refractivity contribution < 1.29 is 19.0 Å². The van der Waals surface area contributed by atoms with E-state index in [2.05, 4.69) is 9.88 Å². The average molecular weight is 383 g/mol. The molecule has 4 heterocycles. The highest BCUT2D eigenvalue weighted by Crippen LogP contribution is 2.37. The lowest BCUT2D eigenvalue weighted by atomic mass is 10.0. The number of piperidine rings is 1. The maximum Gasteiger partial charge on any atom is 0.341 e. The molecule has 0 aromatic carbocycles. The van der Waals surface area contributed by atoms with Crippen molar-refractivity contribution in [2.24, 2.45) is 0 Å². The first kappa shape index (κ1) is 18.5. The molecule has 2 aromatic heterocycles. The van der Waals surface area contributed by atoms with Gasteiger partial charge in [-0.15, -0.1) is 0 Å². The Hall–Kier alpha value is -2.83. The van der Waals surface area contributed by atoms with E-state index in [4.69, 9.17) is 19.2 Å². The molecule has 4 rings (SSSR count). The number of rotatable bonds is 4. The molecule has 2 aliphatic heterocycles. The number of esters is 1. The summed E-state index contributed by atoms with van der Waals surface area (Å²) in [6, 6.07) is 5.58. The monoisotopic (exact) mass is 383 g/mol. The summed E-state index contributed by atoms with van der Waals surface area (Å²) in [6.45, 7) is 7.44. The second-order valence-electron chi connectivity index (χ2n) is 7.77. The number of anilines is 1. The smallest absolute Gasteiger partial charge is 0.341 e. The van der Waals surface area contributed by atoms with Crippen LogP contribution in [0.15, 0.2) is 24.4 Å². The van der Waals surface area contributed by atoms with E-state index in [0.29, 0.717) is 11.4 Å². The van der Waals surface area contributed by atoms with Gasteiger partial charge in [0.1, 0.15) is 29.0 Å². The predicted molar refractivity (Wildman–Crippen MR) is 104 cm³/mol. The van der Waals surface area contributed by atoms with E-state index >= 15 is 0 Å². The van der Waals surface area contributed by atoms with Crippen molar-refractivity contribution in [3.63, 3.8) is 0 Å². The van der Waals surface area contributed by atoms with E-state index in [-0.39, 0.29) is 12.1 Å². The van der Waals surface area contributed by atoms with Gasteiger partial charge >= 0.3 is 5.97 Å². The van der Waals surface area contributed by atoms with Crippen molar-refractivity contribution in [3.05, 3.63) is 41.2 Å². The first-order valence-electron chi connectivity index (χ1n) is 9.54. The van der Waals surface area contributed by atoms with Crippen LogP contribution >= 0.6 is 0 Å². The second kappa shape index (κ2) is 6.96. The number of fused-ring (bicyclic) bond motifs is 1. The number of hydrogen-bond acceptors (Lipinski definition) is 7. The van der Waals surface area contributed by atoms with Gasteiger partial charge in [-0.1, -0.05) is 0 Å². The molecule has 0 bridgehead atoms. The highest BCUT2D eigenvalue weighted by atomic mass is 16.6. The zero-order chi connectivity index (χ0) is 19.9. The van der Waals surface area contributed by atoms with Crippen LogP contribution in [0.4, 0.5) is 5.82 Å². The van der Waals surface area contributed by atoms with E-state index in [1.807, 2.05) is 32.9 Å². The standard InChI is InChI=1S/C21H25N3O4/c1-13-11-16-18(21(2,3)28-20(16)25)23-19(13)24-9-7-14(8-10-24)27-15-5-6-17(26-4)22-12-15/h5-6,11-12,14H,7-10H2,1-4H3. The number of carbonyl (C=O) groups excluding carboxylic acids is 1. The molecule has 0 unspecified atom stereocenters. The summed E-state index contributed by atoms with van der Waals surface area (Å²) in [6.07, 6.45) is 3.62. The van der Waals surface area contributed by atoms with Crippen molar-refractivity contribution in [2.75, 3.05) is 25.1 Å². The van der Waals surface area contributed by atoms with Crippen LogP contribution in [0.2, 0.25) is 0 Å². The number of nitrogens with zero attached hydrogens (tertiary/aromatic N) is 3. The Balaban J connectivity index is 1.44. The lowest BCUT2D eigenvalue weighted by Gasteiger charge is -2.34. The first-order valence-corrected chi connectivity index (χ1v) is 9.54. The molecule has 7 nitrogen and oxygen atoms in total. The Kier molecular flexibility index (Phi) is 4.61. The first-order chi connectivity index (χ1) is 13.4. The number of ether oxygens (including phenoxy) is 3. The van der Waals surface area contributed by atoms with Crippen LogP contribution in [-0.2, 0) is 10.3 Å². The van der Waals surface area contributed by atoms with Crippen LogP contribution in [0.25, 0.3) is 0 Å². The molecular formula is C21H25N3O4. The van der Waals surface area contributed by atoms with Crippen molar-refractivity contribution in [3.8, 4) is 11.6 Å². The van der Waals surface area contributed by atoms with Crippen LogP contribution in [-0.4, -0.2) is 42.2 Å². The molecule has 0 spiro atoms. The van der Waals surface area contributed by atoms with Crippen molar-refractivity contribution in [1.82, 2.24) is 9.97 Å². The molecule has 0 aliphatic carbocycles. The maximum absolute atomic E-state index is 12.1. The number of hydrogen-bond donors (Lipinski definition) is 0. The third-order valence-electron chi connectivity index (χ3n) is 5.29. The van der Waals surface area contributed by atoms with Gasteiger partial charge in [0, 0.05) is 32.0 Å². The van der Waals surface area contributed by atoms with Crippen LogP contribution in [0.5, 0.6) is 11.6 Å². The minimum absolute atomic E-state index is 0.141. The van der Waals surface area contributed by atoms with E-state index in [9.17, 15) is 4.79 Å². The molecule has 28 heavy (non-hydrogen) atoms. The van der Waals surface area contributed by atoms with Crippen molar-refractivity contribution >= 4 is 11.8 Å². The molecule has 148 valence electrons. The molecular weight excluding hydrogens is 358 g/mol. The van der Waals surface area contributed by atoms with E-state index < -0.39 is 5.60 Å².